The van der Waals surface area contributed by atoms with Crippen molar-refractivity contribution in [1.29, 1.82) is 0 Å². The molecule has 1 aromatic rings. The topological polar surface area (TPSA) is 35.5 Å². The predicted molar refractivity (Wildman–Crippen MR) is 104 cm³/mol. The lowest BCUT2D eigenvalue weighted by Gasteiger charge is -2.37. The molecule has 0 N–H and O–H groups in total. The predicted octanol–water partition coefficient (Wildman–Crippen LogP) is 5.65. The van der Waals surface area contributed by atoms with Gasteiger partial charge >= 0.3 is 5.97 Å². The molecular formula is C23H32O3. The molecule has 2 saturated carbocycles. The highest BCUT2D eigenvalue weighted by atomic mass is 16.5. The van der Waals surface area contributed by atoms with Crippen molar-refractivity contribution >= 4 is 5.97 Å². The Morgan fingerprint density at radius 3 is 2.12 bits per heavy atom. The molecule has 3 nitrogen and oxygen atoms in total. The number of ether oxygens (including phenoxy) is 2. The third-order valence-corrected chi connectivity index (χ3v) is 6.35. The van der Waals surface area contributed by atoms with Crippen LogP contribution >= 0.6 is 0 Å². The molecular weight excluding hydrogens is 324 g/mol. The summed E-state index contributed by atoms with van der Waals surface area (Å²) in [6, 6.07) is 8.62. The second-order valence-corrected chi connectivity index (χ2v) is 7.90. The van der Waals surface area contributed by atoms with E-state index in [0.29, 0.717) is 12.3 Å². The van der Waals surface area contributed by atoms with Crippen LogP contribution in [0.5, 0.6) is 5.75 Å². The molecule has 3 heteroatoms. The van der Waals surface area contributed by atoms with Gasteiger partial charge in [-0.3, -0.25) is 4.79 Å². The van der Waals surface area contributed by atoms with E-state index in [1.807, 2.05) is 0 Å². The molecule has 0 unspecified atom stereocenters. The van der Waals surface area contributed by atoms with Crippen LogP contribution in [-0.4, -0.2) is 19.2 Å². The lowest BCUT2D eigenvalue weighted by molar-refractivity contribution is -0.150. The van der Waals surface area contributed by atoms with E-state index in [2.05, 4.69) is 30.8 Å². The molecule has 3 rings (SSSR count). The Bertz CT molecular complexity index is 576. The van der Waals surface area contributed by atoms with Crippen molar-refractivity contribution in [2.24, 2.45) is 11.8 Å². The summed E-state index contributed by atoms with van der Waals surface area (Å²) >= 11 is 0. The van der Waals surface area contributed by atoms with Crippen LogP contribution in [0.2, 0.25) is 0 Å². The largest absolute Gasteiger partial charge is 0.497 e. The second kappa shape index (κ2) is 9.25. The van der Waals surface area contributed by atoms with Gasteiger partial charge in [-0.2, -0.15) is 0 Å². The number of carbonyl (C=O) groups excluding carboxylic acids is 1. The van der Waals surface area contributed by atoms with Gasteiger partial charge in [-0.25, -0.2) is 0 Å². The second-order valence-electron chi connectivity index (χ2n) is 7.90. The minimum atomic E-state index is -0.122. The van der Waals surface area contributed by atoms with E-state index in [1.54, 1.807) is 13.2 Å². The van der Waals surface area contributed by atoms with Crippen molar-refractivity contribution in [3.8, 4) is 5.75 Å². The van der Waals surface area contributed by atoms with Crippen LogP contribution in [0.3, 0.4) is 0 Å². The van der Waals surface area contributed by atoms with Crippen LogP contribution in [-0.2, 0) is 9.53 Å². The lowest BCUT2D eigenvalue weighted by atomic mass is 9.69. The maximum atomic E-state index is 11.6. The molecule has 0 aliphatic heterocycles. The Balaban J connectivity index is 1.42. The summed E-state index contributed by atoms with van der Waals surface area (Å²) in [5.41, 5.74) is 1.46. The van der Waals surface area contributed by atoms with E-state index < -0.39 is 0 Å². The van der Waals surface area contributed by atoms with Gasteiger partial charge in [0.2, 0.25) is 0 Å². The first-order valence-electron chi connectivity index (χ1n) is 10.1. The highest BCUT2D eigenvalue weighted by Gasteiger charge is 2.32. The Kier molecular flexibility index (Phi) is 6.76. The van der Waals surface area contributed by atoms with Gasteiger partial charge in [-0.1, -0.05) is 18.2 Å². The number of esters is 1. The smallest absolute Gasteiger partial charge is 0.309 e. The summed E-state index contributed by atoms with van der Waals surface area (Å²) in [6.45, 7) is 3.60. The summed E-state index contributed by atoms with van der Waals surface area (Å²) in [4.78, 5) is 11.6. The summed E-state index contributed by atoms with van der Waals surface area (Å²) in [5.74, 6) is 3.19. The van der Waals surface area contributed by atoms with Crippen LogP contribution in [0.4, 0.5) is 0 Å². The molecule has 0 saturated heterocycles. The molecule has 0 spiro atoms. The monoisotopic (exact) mass is 356 g/mol. The number of hydrogen-bond donors (Lipinski definition) is 0. The maximum absolute atomic E-state index is 11.6. The zero-order valence-electron chi connectivity index (χ0n) is 16.0. The van der Waals surface area contributed by atoms with Gasteiger partial charge in [0.15, 0.2) is 0 Å². The van der Waals surface area contributed by atoms with Crippen molar-refractivity contribution in [2.45, 2.75) is 69.8 Å². The maximum Gasteiger partial charge on any atom is 0.309 e. The summed E-state index contributed by atoms with van der Waals surface area (Å²) in [7, 11) is 1.72. The Labute approximate surface area is 157 Å². The zero-order valence-corrected chi connectivity index (χ0v) is 16.0. The minimum Gasteiger partial charge on any atom is -0.497 e. The Morgan fingerprint density at radius 1 is 1.00 bits per heavy atom. The fourth-order valence-electron chi connectivity index (χ4n) is 4.83. The van der Waals surface area contributed by atoms with Crippen molar-refractivity contribution in [1.82, 2.24) is 0 Å². The quantitative estimate of drug-likeness (QED) is 0.488. The van der Waals surface area contributed by atoms with Gasteiger partial charge in [-0.05, 0) is 86.8 Å². The number of carbonyl (C=O) groups is 1. The van der Waals surface area contributed by atoms with Crippen molar-refractivity contribution in [3.63, 3.8) is 0 Å². The van der Waals surface area contributed by atoms with Crippen LogP contribution in [0.15, 0.2) is 36.9 Å². The molecule has 142 valence electrons. The molecule has 26 heavy (non-hydrogen) atoms. The molecule has 0 aromatic heterocycles. The Hall–Kier alpha value is -1.77. The first-order valence-corrected chi connectivity index (χ1v) is 10.1. The molecule has 0 radical (unpaired) electrons. The van der Waals surface area contributed by atoms with Crippen LogP contribution in [0, 0.1) is 11.8 Å². The summed E-state index contributed by atoms with van der Waals surface area (Å²) in [5, 5.41) is 0. The van der Waals surface area contributed by atoms with E-state index in [4.69, 9.17) is 9.47 Å². The number of hydrogen-bond acceptors (Lipinski definition) is 3. The average molecular weight is 357 g/mol. The minimum absolute atomic E-state index is 0.122. The number of rotatable bonds is 6. The fraction of sp³-hybridized carbons (Fsp3) is 0.609. The third-order valence-electron chi connectivity index (χ3n) is 6.35. The lowest BCUT2D eigenvalue weighted by Crippen LogP contribution is -2.29. The van der Waals surface area contributed by atoms with E-state index in [1.165, 1.54) is 44.1 Å². The molecule has 0 bridgehead atoms. The van der Waals surface area contributed by atoms with Crippen molar-refractivity contribution in [2.75, 3.05) is 7.11 Å². The highest BCUT2D eigenvalue weighted by molar-refractivity contribution is 5.71. The van der Waals surface area contributed by atoms with E-state index in [-0.39, 0.29) is 12.1 Å². The third kappa shape index (κ3) is 4.90. The fourth-order valence-corrected chi connectivity index (χ4v) is 4.83. The average Bonchev–Trinajstić information content (AvgIpc) is 2.69. The van der Waals surface area contributed by atoms with Crippen LogP contribution in [0.1, 0.15) is 69.3 Å². The van der Waals surface area contributed by atoms with Gasteiger partial charge in [0.1, 0.15) is 11.9 Å². The van der Waals surface area contributed by atoms with Crippen molar-refractivity contribution < 1.29 is 14.3 Å². The van der Waals surface area contributed by atoms with Gasteiger partial charge < -0.3 is 9.47 Å². The van der Waals surface area contributed by atoms with Crippen molar-refractivity contribution in [3.05, 3.63) is 42.5 Å². The molecule has 1 aromatic carbocycles. The van der Waals surface area contributed by atoms with Crippen LogP contribution in [0.25, 0.3) is 0 Å². The molecule has 0 amide bonds. The Morgan fingerprint density at radius 2 is 1.58 bits per heavy atom. The van der Waals surface area contributed by atoms with Gasteiger partial charge in [0, 0.05) is 0 Å². The zero-order chi connectivity index (χ0) is 18.4. The number of benzene rings is 1. The molecule has 2 fully saturated rings. The molecule has 0 atom stereocenters. The normalized spacial score (nSPS) is 29.0. The first kappa shape index (κ1) is 19.0. The SMILES string of the molecule is C=CCC(=O)OC1CCC(C2CCC(c3ccc(OC)cc3)CC2)CC1. The molecule has 2 aliphatic rings. The van der Waals surface area contributed by atoms with Crippen LogP contribution < -0.4 is 4.74 Å². The van der Waals surface area contributed by atoms with Gasteiger partial charge in [0.05, 0.1) is 13.5 Å². The summed E-state index contributed by atoms with van der Waals surface area (Å²) < 4.78 is 10.8. The van der Waals surface area contributed by atoms with Gasteiger partial charge in [-0.15, -0.1) is 6.58 Å². The highest BCUT2D eigenvalue weighted by Crippen LogP contribution is 2.43. The standard InChI is InChI=1S/C23H32O3/c1-3-4-23(24)26-22-15-11-20(12-16-22)18-7-5-17(6-8-18)19-9-13-21(25-2)14-10-19/h3,9-10,13-14,17-18,20,22H,1,4-8,11-12,15-16H2,2H3. The summed E-state index contributed by atoms with van der Waals surface area (Å²) in [6.07, 6.45) is 11.8. The van der Waals surface area contributed by atoms with Gasteiger partial charge in [0.25, 0.3) is 0 Å². The molecule has 2 aliphatic carbocycles. The van der Waals surface area contributed by atoms with E-state index in [9.17, 15) is 4.79 Å². The van der Waals surface area contributed by atoms with E-state index in [0.717, 1.165) is 30.4 Å². The van der Waals surface area contributed by atoms with E-state index >= 15 is 0 Å². The molecule has 0 heterocycles. The first-order chi connectivity index (χ1) is 12.7. The number of methoxy groups -OCH3 is 1.